The van der Waals surface area contributed by atoms with Gasteiger partial charge in [0.25, 0.3) is 0 Å². The summed E-state index contributed by atoms with van der Waals surface area (Å²) in [4.78, 5) is 17.2. The van der Waals surface area contributed by atoms with Crippen molar-refractivity contribution < 1.29 is 9.53 Å². The highest BCUT2D eigenvalue weighted by Gasteiger charge is 2.26. The molecule has 2 heterocycles. The molecule has 0 spiro atoms. The van der Waals surface area contributed by atoms with Crippen LogP contribution in [0, 0.1) is 5.92 Å². The number of carbonyl (C=O) groups excluding carboxylic acids is 1. The Morgan fingerprint density at radius 2 is 1.97 bits per heavy atom. The Morgan fingerprint density at radius 3 is 2.70 bits per heavy atom. The highest BCUT2D eigenvalue weighted by atomic mass is 16.5. The van der Waals surface area contributed by atoms with Crippen molar-refractivity contribution in [3.05, 3.63) is 42.9 Å². The number of rotatable bonds is 7. The Kier molecular flexibility index (Phi) is 6.40. The van der Waals surface area contributed by atoms with Gasteiger partial charge < -0.3 is 15.4 Å². The normalized spacial score (nSPS) is 19.1. The second kappa shape index (κ2) is 9.36. The predicted molar refractivity (Wildman–Crippen MR) is 118 cm³/mol. The monoisotopic (exact) mass is 407 g/mol. The highest BCUT2D eigenvalue weighted by Crippen LogP contribution is 2.27. The third-order valence-electron chi connectivity index (χ3n) is 5.85. The molecular formula is C23H29N5O2. The van der Waals surface area contributed by atoms with Gasteiger partial charge in [-0.15, -0.1) is 0 Å². The first-order valence-corrected chi connectivity index (χ1v) is 10.5. The van der Waals surface area contributed by atoms with E-state index < -0.39 is 0 Å². The fourth-order valence-corrected chi connectivity index (χ4v) is 4.11. The zero-order valence-electron chi connectivity index (χ0n) is 17.6. The first kappa shape index (κ1) is 20.5. The molecule has 0 atom stereocenters. The lowest BCUT2D eigenvalue weighted by Gasteiger charge is -2.28. The molecule has 158 valence electrons. The van der Waals surface area contributed by atoms with Crippen molar-refractivity contribution in [1.29, 1.82) is 0 Å². The van der Waals surface area contributed by atoms with Crippen LogP contribution < -0.4 is 10.6 Å². The second-order valence-corrected chi connectivity index (χ2v) is 8.02. The number of aryl methyl sites for hydroxylation is 1. The Labute approximate surface area is 176 Å². The van der Waals surface area contributed by atoms with Gasteiger partial charge in [0.1, 0.15) is 5.82 Å². The van der Waals surface area contributed by atoms with Crippen LogP contribution in [-0.4, -0.2) is 47.0 Å². The highest BCUT2D eigenvalue weighted by molar-refractivity contribution is 5.95. The Bertz CT molecular complexity index is 1010. The third kappa shape index (κ3) is 4.86. The summed E-state index contributed by atoms with van der Waals surface area (Å²) in [5, 5.41) is 12.9. The van der Waals surface area contributed by atoms with E-state index in [1.54, 1.807) is 11.8 Å². The number of anilines is 1. The van der Waals surface area contributed by atoms with Crippen molar-refractivity contribution in [2.45, 2.75) is 31.7 Å². The Hall–Kier alpha value is -2.77. The number of aromatic nitrogens is 3. The van der Waals surface area contributed by atoms with Crippen LogP contribution in [-0.2, 0) is 16.6 Å². The van der Waals surface area contributed by atoms with E-state index in [2.05, 4.69) is 32.8 Å². The summed E-state index contributed by atoms with van der Waals surface area (Å²) >= 11 is 0. The molecular weight excluding hydrogens is 378 g/mol. The molecule has 1 aliphatic carbocycles. The van der Waals surface area contributed by atoms with E-state index in [1.807, 2.05) is 37.8 Å². The summed E-state index contributed by atoms with van der Waals surface area (Å²) in [5.41, 5.74) is 2.16. The van der Waals surface area contributed by atoms with Crippen molar-refractivity contribution in [3.63, 3.8) is 0 Å². The molecule has 1 fully saturated rings. The number of nitrogens with zero attached hydrogens (tertiary/aromatic N) is 3. The van der Waals surface area contributed by atoms with Gasteiger partial charge in [-0.1, -0.05) is 12.1 Å². The fourth-order valence-electron chi connectivity index (χ4n) is 4.11. The number of nitrogens with one attached hydrogen (secondary N) is 2. The number of hydrogen-bond donors (Lipinski definition) is 2. The second-order valence-electron chi connectivity index (χ2n) is 8.02. The molecule has 4 rings (SSSR count). The van der Waals surface area contributed by atoms with Crippen molar-refractivity contribution in [2.75, 3.05) is 25.6 Å². The summed E-state index contributed by atoms with van der Waals surface area (Å²) in [7, 11) is 3.62. The molecule has 7 nitrogen and oxygen atoms in total. The zero-order valence-corrected chi connectivity index (χ0v) is 17.6. The van der Waals surface area contributed by atoms with Crippen LogP contribution in [0.2, 0.25) is 0 Å². The van der Waals surface area contributed by atoms with Crippen molar-refractivity contribution in [1.82, 2.24) is 20.1 Å². The maximum absolute atomic E-state index is 12.8. The summed E-state index contributed by atoms with van der Waals surface area (Å²) in [5.74, 6) is 0.724. The maximum atomic E-state index is 12.8. The maximum Gasteiger partial charge on any atom is 0.228 e. The molecule has 1 saturated carbocycles. The van der Waals surface area contributed by atoms with E-state index in [9.17, 15) is 4.79 Å². The number of methoxy groups -OCH3 is 1. The summed E-state index contributed by atoms with van der Waals surface area (Å²) in [6.07, 6.45) is 9.49. The van der Waals surface area contributed by atoms with Gasteiger partial charge in [0.05, 0.1) is 12.8 Å². The van der Waals surface area contributed by atoms with Gasteiger partial charge in [0, 0.05) is 56.0 Å². The lowest BCUT2D eigenvalue weighted by Crippen LogP contribution is -2.37. The van der Waals surface area contributed by atoms with E-state index in [1.165, 1.54) is 0 Å². The molecule has 1 aromatic carbocycles. The molecule has 0 aliphatic heterocycles. The molecule has 2 N–H and O–H groups in total. The van der Waals surface area contributed by atoms with E-state index >= 15 is 0 Å². The SMILES string of the molecule is COCCNC1CCC(C(=O)Nc2cc3cc(-c4cnn(C)c4)ccc3cn2)CC1. The minimum atomic E-state index is 0.0460. The van der Waals surface area contributed by atoms with Crippen LogP contribution >= 0.6 is 0 Å². The summed E-state index contributed by atoms with van der Waals surface area (Å²) in [6, 6.07) is 8.66. The molecule has 2 aromatic heterocycles. The third-order valence-corrected chi connectivity index (χ3v) is 5.85. The molecule has 0 saturated heterocycles. The minimum Gasteiger partial charge on any atom is -0.383 e. The Balaban J connectivity index is 1.39. The van der Waals surface area contributed by atoms with Gasteiger partial charge in [-0.25, -0.2) is 4.98 Å². The van der Waals surface area contributed by atoms with Gasteiger partial charge in [-0.05, 0) is 48.8 Å². The predicted octanol–water partition coefficient (Wildman–Crippen LogP) is 3.37. The quantitative estimate of drug-likeness (QED) is 0.587. The van der Waals surface area contributed by atoms with E-state index in [0.29, 0.717) is 11.9 Å². The molecule has 0 unspecified atom stereocenters. The van der Waals surface area contributed by atoms with Crippen molar-refractivity contribution in [3.8, 4) is 11.1 Å². The first-order valence-electron chi connectivity index (χ1n) is 10.5. The zero-order chi connectivity index (χ0) is 20.9. The number of fused-ring (bicyclic) bond motifs is 1. The molecule has 30 heavy (non-hydrogen) atoms. The standard InChI is InChI=1S/C23H29N5O2/c1-28-15-20(14-26-28)17-3-4-18-13-25-22(12-19(18)11-17)27-23(29)16-5-7-21(8-6-16)24-9-10-30-2/h3-4,11-16,21,24H,5-10H2,1-2H3,(H,25,27,29). The minimum absolute atomic E-state index is 0.0460. The topological polar surface area (TPSA) is 81.1 Å². The summed E-state index contributed by atoms with van der Waals surface area (Å²) in [6.45, 7) is 1.58. The smallest absolute Gasteiger partial charge is 0.228 e. The molecule has 0 bridgehead atoms. The largest absolute Gasteiger partial charge is 0.383 e. The average Bonchev–Trinajstić information content (AvgIpc) is 3.20. The molecule has 1 aliphatic rings. The van der Waals surface area contributed by atoms with Crippen LogP contribution in [0.25, 0.3) is 21.9 Å². The van der Waals surface area contributed by atoms with Crippen LogP contribution in [0.4, 0.5) is 5.82 Å². The van der Waals surface area contributed by atoms with E-state index in [-0.39, 0.29) is 11.8 Å². The van der Waals surface area contributed by atoms with Gasteiger partial charge in [-0.2, -0.15) is 5.10 Å². The summed E-state index contributed by atoms with van der Waals surface area (Å²) < 4.78 is 6.88. The molecule has 1 amide bonds. The van der Waals surface area contributed by atoms with Gasteiger partial charge in [0.2, 0.25) is 5.91 Å². The van der Waals surface area contributed by atoms with Crippen molar-refractivity contribution in [2.24, 2.45) is 13.0 Å². The number of pyridine rings is 1. The lowest BCUT2D eigenvalue weighted by molar-refractivity contribution is -0.120. The average molecular weight is 408 g/mol. The van der Waals surface area contributed by atoms with Crippen LogP contribution in [0.1, 0.15) is 25.7 Å². The van der Waals surface area contributed by atoms with Gasteiger partial charge in [0.15, 0.2) is 0 Å². The Morgan fingerprint density at radius 1 is 1.13 bits per heavy atom. The van der Waals surface area contributed by atoms with E-state index in [4.69, 9.17) is 4.74 Å². The number of carbonyl (C=O) groups is 1. The van der Waals surface area contributed by atoms with Crippen molar-refractivity contribution >= 4 is 22.5 Å². The molecule has 0 radical (unpaired) electrons. The van der Waals surface area contributed by atoms with E-state index in [0.717, 1.165) is 60.7 Å². The molecule has 7 heteroatoms. The number of hydrogen-bond acceptors (Lipinski definition) is 5. The van der Waals surface area contributed by atoms with Crippen LogP contribution in [0.5, 0.6) is 0 Å². The van der Waals surface area contributed by atoms with Gasteiger partial charge in [-0.3, -0.25) is 9.48 Å². The van der Waals surface area contributed by atoms with Crippen LogP contribution in [0.3, 0.4) is 0 Å². The number of amides is 1. The number of benzene rings is 1. The number of ether oxygens (including phenoxy) is 1. The molecule has 3 aromatic rings. The fraction of sp³-hybridized carbons (Fsp3) is 0.435. The first-order chi connectivity index (χ1) is 14.6. The lowest BCUT2D eigenvalue weighted by atomic mass is 9.85. The van der Waals surface area contributed by atoms with Gasteiger partial charge >= 0.3 is 0 Å². The van der Waals surface area contributed by atoms with Crippen LogP contribution in [0.15, 0.2) is 42.9 Å².